The van der Waals surface area contributed by atoms with E-state index in [2.05, 4.69) is 5.32 Å². The van der Waals surface area contributed by atoms with Gasteiger partial charge in [0.2, 0.25) is 0 Å². The first kappa shape index (κ1) is 11.7. The first-order valence-electron chi connectivity index (χ1n) is 5.82. The van der Waals surface area contributed by atoms with Crippen LogP contribution < -0.4 is 5.32 Å². The van der Waals surface area contributed by atoms with Gasteiger partial charge in [0.15, 0.2) is 0 Å². The van der Waals surface area contributed by atoms with Crippen molar-refractivity contribution in [1.82, 2.24) is 0 Å². The Kier molecular flexibility index (Phi) is 2.93. The summed E-state index contributed by atoms with van der Waals surface area (Å²) in [5.74, 6) is -0.903. The number of rotatable bonds is 3. The van der Waals surface area contributed by atoms with Gasteiger partial charge in [0.25, 0.3) is 0 Å². The largest absolute Gasteiger partial charge is 0.477 e. The van der Waals surface area contributed by atoms with Gasteiger partial charge in [0.05, 0.1) is 5.69 Å². The van der Waals surface area contributed by atoms with Gasteiger partial charge in [-0.3, -0.25) is 0 Å². The van der Waals surface area contributed by atoms with Crippen LogP contribution in [0.4, 0.5) is 11.4 Å². The number of anilines is 2. The molecule has 4 heteroatoms. The van der Waals surface area contributed by atoms with E-state index in [1.165, 1.54) is 11.3 Å². The van der Waals surface area contributed by atoms with E-state index >= 15 is 0 Å². The zero-order valence-electron chi connectivity index (χ0n) is 9.96. The van der Waals surface area contributed by atoms with Crippen LogP contribution in [0.5, 0.6) is 0 Å². The number of thiophene rings is 1. The third-order valence-electron chi connectivity index (χ3n) is 2.83. The van der Waals surface area contributed by atoms with E-state index in [1.807, 2.05) is 54.6 Å². The highest BCUT2D eigenvalue weighted by Crippen LogP contribution is 2.37. The van der Waals surface area contributed by atoms with Crippen molar-refractivity contribution in [3.05, 3.63) is 59.5 Å². The van der Waals surface area contributed by atoms with Gasteiger partial charge in [0, 0.05) is 15.8 Å². The SMILES string of the molecule is O=C(O)c1sc2ccccc2c1Nc1ccccc1. The van der Waals surface area contributed by atoms with E-state index in [0.717, 1.165) is 15.8 Å². The zero-order valence-corrected chi connectivity index (χ0v) is 10.8. The molecule has 2 N–H and O–H groups in total. The Labute approximate surface area is 114 Å². The monoisotopic (exact) mass is 269 g/mol. The number of carbonyl (C=O) groups is 1. The van der Waals surface area contributed by atoms with Crippen LogP contribution in [0.25, 0.3) is 10.1 Å². The molecule has 0 aliphatic heterocycles. The standard InChI is InChI=1S/C15H11NO2S/c17-15(18)14-13(16-10-6-2-1-3-7-10)11-8-4-5-9-12(11)19-14/h1-9,16H,(H,17,18). The van der Waals surface area contributed by atoms with E-state index in [0.29, 0.717) is 10.6 Å². The molecular weight excluding hydrogens is 258 g/mol. The summed E-state index contributed by atoms with van der Waals surface area (Å²) in [6, 6.07) is 17.3. The number of benzene rings is 2. The van der Waals surface area contributed by atoms with Gasteiger partial charge < -0.3 is 10.4 Å². The second-order valence-corrected chi connectivity index (χ2v) is 5.15. The fourth-order valence-corrected chi connectivity index (χ4v) is 2.98. The summed E-state index contributed by atoms with van der Waals surface area (Å²) in [5, 5.41) is 13.5. The van der Waals surface area contributed by atoms with Crippen LogP contribution in [0, 0.1) is 0 Å². The van der Waals surface area contributed by atoms with Crippen LogP contribution in [0.2, 0.25) is 0 Å². The number of hydrogen-bond acceptors (Lipinski definition) is 3. The molecule has 0 amide bonds. The topological polar surface area (TPSA) is 49.3 Å². The van der Waals surface area contributed by atoms with E-state index in [-0.39, 0.29) is 0 Å². The third-order valence-corrected chi connectivity index (χ3v) is 3.99. The molecule has 94 valence electrons. The van der Waals surface area contributed by atoms with Gasteiger partial charge in [-0.05, 0) is 18.2 Å². The summed E-state index contributed by atoms with van der Waals surface area (Å²) < 4.78 is 0.971. The maximum absolute atomic E-state index is 11.4. The summed E-state index contributed by atoms with van der Waals surface area (Å²) >= 11 is 1.29. The lowest BCUT2D eigenvalue weighted by molar-refractivity contribution is 0.0703. The predicted octanol–water partition coefficient (Wildman–Crippen LogP) is 4.34. The molecule has 0 aliphatic rings. The van der Waals surface area contributed by atoms with Gasteiger partial charge in [0.1, 0.15) is 4.88 Å². The summed E-state index contributed by atoms with van der Waals surface area (Å²) in [7, 11) is 0. The molecule has 0 bridgehead atoms. The number of carboxylic acids is 1. The molecule has 0 radical (unpaired) electrons. The number of aromatic carboxylic acids is 1. The van der Waals surface area contributed by atoms with Crippen LogP contribution in [-0.4, -0.2) is 11.1 Å². The Morgan fingerprint density at radius 1 is 1.00 bits per heavy atom. The first-order chi connectivity index (χ1) is 9.25. The molecule has 2 aromatic carbocycles. The van der Waals surface area contributed by atoms with Crippen molar-refractivity contribution in [2.45, 2.75) is 0 Å². The lowest BCUT2D eigenvalue weighted by atomic mass is 10.2. The van der Waals surface area contributed by atoms with Crippen LogP contribution in [0.15, 0.2) is 54.6 Å². The van der Waals surface area contributed by atoms with Crippen molar-refractivity contribution in [3.63, 3.8) is 0 Å². The highest BCUT2D eigenvalue weighted by Gasteiger charge is 2.17. The van der Waals surface area contributed by atoms with Gasteiger partial charge in [-0.15, -0.1) is 11.3 Å². The second kappa shape index (κ2) is 4.74. The van der Waals surface area contributed by atoms with Crippen molar-refractivity contribution in [2.24, 2.45) is 0 Å². The van der Waals surface area contributed by atoms with Crippen molar-refractivity contribution in [1.29, 1.82) is 0 Å². The number of nitrogens with one attached hydrogen (secondary N) is 1. The van der Waals surface area contributed by atoms with E-state index in [1.54, 1.807) is 0 Å². The average Bonchev–Trinajstić information content (AvgIpc) is 2.79. The maximum Gasteiger partial charge on any atom is 0.348 e. The number of hydrogen-bond donors (Lipinski definition) is 2. The summed E-state index contributed by atoms with van der Waals surface area (Å²) in [5.41, 5.74) is 1.55. The molecule has 0 fully saturated rings. The van der Waals surface area contributed by atoms with Crippen molar-refractivity contribution in [3.8, 4) is 0 Å². The molecule has 0 spiro atoms. The molecule has 3 nitrogen and oxygen atoms in total. The van der Waals surface area contributed by atoms with Crippen LogP contribution in [-0.2, 0) is 0 Å². The van der Waals surface area contributed by atoms with Gasteiger partial charge in [-0.2, -0.15) is 0 Å². The molecule has 0 saturated heterocycles. The van der Waals surface area contributed by atoms with E-state index < -0.39 is 5.97 Å². The molecule has 0 unspecified atom stereocenters. The molecule has 0 atom stereocenters. The maximum atomic E-state index is 11.4. The summed E-state index contributed by atoms with van der Waals surface area (Å²) in [6.07, 6.45) is 0. The van der Waals surface area contributed by atoms with Gasteiger partial charge in [-0.25, -0.2) is 4.79 Å². The first-order valence-corrected chi connectivity index (χ1v) is 6.64. The van der Waals surface area contributed by atoms with Crippen LogP contribution >= 0.6 is 11.3 Å². The zero-order chi connectivity index (χ0) is 13.2. The minimum absolute atomic E-state index is 0.338. The Hall–Kier alpha value is -2.33. The van der Waals surface area contributed by atoms with Crippen molar-refractivity contribution in [2.75, 3.05) is 5.32 Å². The van der Waals surface area contributed by atoms with Crippen molar-refractivity contribution < 1.29 is 9.90 Å². The molecular formula is C15H11NO2S. The summed E-state index contributed by atoms with van der Waals surface area (Å²) in [4.78, 5) is 11.7. The lowest BCUT2D eigenvalue weighted by Gasteiger charge is -2.06. The number of carboxylic acid groups (broad SMARTS) is 1. The van der Waals surface area contributed by atoms with Crippen molar-refractivity contribution >= 4 is 38.8 Å². The van der Waals surface area contributed by atoms with E-state index in [9.17, 15) is 9.90 Å². The quantitative estimate of drug-likeness (QED) is 0.743. The highest BCUT2D eigenvalue weighted by molar-refractivity contribution is 7.21. The fraction of sp³-hybridized carbons (Fsp3) is 0. The average molecular weight is 269 g/mol. The van der Waals surface area contributed by atoms with Crippen LogP contribution in [0.1, 0.15) is 9.67 Å². The molecule has 3 aromatic rings. The predicted molar refractivity (Wildman–Crippen MR) is 78.5 cm³/mol. The number of para-hydroxylation sites is 1. The smallest absolute Gasteiger partial charge is 0.348 e. The molecule has 3 rings (SSSR count). The number of fused-ring (bicyclic) bond motifs is 1. The van der Waals surface area contributed by atoms with E-state index in [4.69, 9.17) is 0 Å². The molecule has 0 aliphatic carbocycles. The molecule has 0 saturated carbocycles. The lowest BCUT2D eigenvalue weighted by Crippen LogP contribution is -1.98. The minimum Gasteiger partial charge on any atom is -0.477 e. The highest BCUT2D eigenvalue weighted by atomic mass is 32.1. The van der Waals surface area contributed by atoms with Gasteiger partial charge in [-0.1, -0.05) is 36.4 Å². The second-order valence-electron chi connectivity index (χ2n) is 4.10. The molecule has 1 heterocycles. The Morgan fingerprint density at radius 2 is 1.68 bits per heavy atom. The van der Waals surface area contributed by atoms with Gasteiger partial charge >= 0.3 is 5.97 Å². The fourth-order valence-electron chi connectivity index (χ4n) is 1.99. The van der Waals surface area contributed by atoms with Crippen LogP contribution in [0.3, 0.4) is 0 Å². The Morgan fingerprint density at radius 3 is 2.42 bits per heavy atom. The molecule has 1 aromatic heterocycles. The third kappa shape index (κ3) is 2.18. The normalized spacial score (nSPS) is 10.5. The summed E-state index contributed by atoms with van der Waals surface area (Å²) in [6.45, 7) is 0. The molecule has 19 heavy (non-hydrogen) atoms. The minimum atomic E-state index is -0.903. The Bertz CT molecular complexity index is 734. The Balaban J connectivity index is 2.15.